The number of aromatic nitrogens is 2. The Morgan fingerprint density at radius 2 is 2.09 bits per heavy atom. The van der Waals surface area contributed by atoms with Crippen LogP contribution in [0.1, 0.15) is 18.1 Å². The van der Waals surface area contributed by atoms with E-state index in [-0.39, 0.29) is 24.0 Å². The lowest BCUT2D eigenvalue weighted by atomic mass is 10.1. The molecule has 1 unspecified atom stereocenters. The van der Waals surface area contributed by atoms with Crippen molar-refractivity contribution in [1.29, 1.82) is 0 Å². The predicted octanol–water partition coefficient (Wildman–Crippen LogP) is -0.0294. The van der Waals surface area contributed by atoms with E-state index in [2.05, 4.69) is 15.0 Å². The van der Waals surface area contributed by atoms with Gasteiger partial charge in [0, 0.05) is 50.8 Å². The molecule has 23 heavy (non-hydrogen) atoms. The zero-order valence-corrected chi connectivity index (χ0v) is 13.8. The first kappa shape index (κ1) is 16.1. The van der Waals surface area contributed by atoms with Crippen LogP contribution in [0.5, 0.6) is 0 Å². The lowest BCUT2D eigenvalue weighted by Gasteiger charge is -2.34. The van der Waals surface area contributed by atoms with Crippen molar-refractivity contribution in [3.63, 3.8) is 0 Å². The molecule has 126 valence electrons. The van der Waals surface area contributed by atoms with Gasteiger partial charge in [-0.15, -0.1) is 0 Å². The molecule has 2 aliphatic heterocycles. The van der Waals surface area contributed by atoms with Crippen molar-refractivity contribution in [3.05, 3.63) is 23.2 Å². The van der Waals surface area contributed by atoms with Gasteiger partial charge in [-0.2, -0.15) is 4.98 Å². The highest BCUT2D eigenvalue weighted by atomic mass is 32.2. The van der Waals surface area contributed by atoms with Crippen molar-refractivity contribution in [2.45, 2.75) is 19.9 Å². The van der Waals surface area contributed by atoms with Crippen LogP contribution in [0.15, 0.2) is 16.0 Å². The first-order chi connectivity index (χ1) is 10.9. The highest BCUT2D eigenvalue weighted by Gasteiger charge is 2.27. The third-order valence-corrected chi connectivity index (χ3v) is 5.57. The summed E-state index contributed by atoms with van der Waals surface area (Å²) >= 11 is 0. The summed E-state index contributed by atoms with van der Waals surface area (Å²) in [7, 11) is -3.10. The van der Waals surface area contributed by atoms with Crippen LogP contribution in [0.2, 0.25) is 0 Å². The monoisotopic (exact) mass is 340 g/mol. The topological polar surface area (TPSA) is 96.6 Å². The number of amides is 1. The Labute approximate surface area is 135 Å². The van der Waals surface area contributed by atoms with Crippen LogP contribution in [0.25, 0.3) is 0 Å². The highest BCUT2D eigenvalue weighted by molar-refractivity contribution is 7.94. The molecular formula is C14H20N4O4S. The zero-order chi connectivity index (χ0) is 16.4. The Kier molecular flexibility index (Phi) is 4.49. The maximum atomic E-state index is 12.3. The van der Waals surface area contributed by atoms with Crippen LogP contribution in [-0.4, -0.2) is 66.2 Å². The van der Waals surface area contributed by atoms with Gasteiger partial charge < -0.3 is 9.42 Å². The molecule has 0 aliphatic carbocycles. The summed E-state index contributed by atoms with van der Waals surface area (Å²) in [4.78, 5) is 20.4. The molecule has 1 amide bonds. The first-order valence-electron chi connectivity index (χ1n) is 7.61. The molecule has 0 spiro atoms. The molecule has 1 atom stereocenters. The number of hydrogen-bond donors (Lipinski definition) is 0. The van der Waals surface area contributed by atoms with Crippen LogP contribution >= 0.6 is 0 Å². The quantitative estimate of drug-likeness (QED) is 0.759. The second-order valence-electron chi connectivity index (χ2n) is 6.01. The zero-order valence-electron chi connectivity index (χ0n) is 13.0. The molecule has 0 N–H and O–H groups in total. The fourth-order valence-corrected chi connectivity index (χ4v) is 4.28. The van der Waals surface area contributed by atoms with Crippen LogP contribution in [0, 0.1) is 12.8 Å². The molecule has 9 heteroatoms. The molecule has 8 nitrogen and oxygen atoms in total. The Morgan fingerprint density at radius 3 is 2.65 bits per heavy atom. The van der Waals surface area contributed by atoms with Crippen molar-refractivity contribution in [2.24, 2.45) is 5.92 Å². The van der Waals surface area contributed by atoms with E-state index in [1.165, 1.54) is 5.41 Å². The van der Waals surface area contributed by atoms with Gasteiger partial charge in [0.15, 0.2) is 15.7 Å². The van der Waals surface area contributed by atoms with Crippen molar-refractivity contribution < 1.29 is 17.7 Å². The lowest BCUT2D eigenvalue weighted by molar-refractivity contribution is -0.133. The SMILES string of the molecule is Cc1nc(CN2CCN(C(=O)CC3C=CS(=O)(=O)C3)CC2)no1. The van der Waals surface area contributed by atoms with Crippen LogP contribution in [0.3, 0.4) is 0 Å². The van der Waals surface area contributed by atoms with Gasteiger partial charge in [0.1, 0.15) is 0 Å². The minimum Gasteiger partial charge on any atom is -0.340 e. The fraction of sp³-hybridized carbons (Fsp3) is 0.643. The third-order valence-electron chi connectivity index (χ3n) is 4.10. The average molecular weight is 340 g/mol. The summed E-state index contributed by atoms with van der Waals surface area (Å²) in [6.45, 7) is 5.14. The maximum absolute atomic E-state index is 12.3. The number of rotatable bonds is 4. The van der Waals surface area contributed by atoms with E-state index < -0.39 is 9.84 Å². The smallest absolute Gasteiger partial charge is 0.223 e. The van der Waals surface area contributed by atoms with Crippen molar-refractivity contribution >= 4 is 15.7 Å². The summed E-state index contributed by atoms with van der Waals surface area (Å²) < 4.78 is 27.7. The second kappa shape index (κ2) is 6.40. The van der Waals surface area contributed by atoms with Crippen molar-refractivity contribution in [3.8, 4) is 0 Å². The van der Waals surface area contributed by atoms with Crippen molar-refractivity contribution in [2.75, 3.05) is 31.9 Å². The molecule has 1 aromatic heterocycles. The normalized spacial score (nSPS) is 24.2. The lowest BCUT2D eigenvalue weighted by Crippen LogP contribution is -2.48. The molecule has 0 saturated carbocycles. The number of piperazine rings is 1. The molecule has 3 heterocycles. The summed E-state index contributed by atoms with van der Waals surface area (Å²) in [5.74, 6) is 1.09. The van der Waals surface area contributed by atoms with E-state index in [0.29, 0.717) is 31.3 Å². The molecule has 1 aromatic rings. The van der Waals surface area contributed by atoms with Crippen LogP contribution < -0.4 is 0 Å². The van der Waals surface area contributed by atoms with Gasteiger partial charge >= 0.3 is 0 Å². The standard InChI is InChI=1S/C14H20N4O4S/c1-11-15-13(16-22-11)9-17-3-5-18(6-4-17)14(19)8-12-2-7-23(20,21)10-12/h2,7,12H,3-6,8-10H2,1H3. The van der Waals surface area contributed by atoms with Gasteiger partial charge in [-0.05, 0) is 0 Å². The number of allylic oxidation sites excluding steroid dienone is 1. The van der Waals surface area contributed by atoms with Crippen LogP contribution in [0.4, 0.5) is 0 Å². The van der Waals surface area contributed by atoms with Gasteiger partial charge in [-0.25, -0.2) is 8.42 Å². The number of hydrogen-bond acceptors (Lipinski definition) is 7. The summed E-state index contributed by atoms with van der Waals surface area (Å²) in [5.41, 5.74) is 0. The first-order valence-corrected chi connectivity index (χ1v) is 9.33. The fourth-order valence-electron chi connectivity index (χ4n) is 2.88. The van der Waals surface area contributed by atoms with Crippen molar-refractivity contribution in [1.82, 2.24) is 19.9 Å². The van der Waals surface area contributed by atoms with E-state index in [1.54, 1.807) is 17.9 Å². The number of aryl methyl sites for hydroxylation is 1. The largest absolute Gasteiger partial charge is 0.340 e. The van der Waals surface area contributed by atoms with Gasteiger partial charge in [0.2, 0.25) is 11.8 Å². The minimum absolute atomic E-state index is 0.0202. The summed E-state index contributed by atoms with van der Waals surface area (Å²) in [5, 5.41) is 5.09. The molecule has 0 aromatic carbocycles. The molecule has 3 rings (SSSR count). The van der Waals surface area contributed by atoms with E-state index >= 15 is 0 Å². The maximum Gasteiger partial charge on any atom is 0.223 e. The van der Waals surface area contributed by atoms with E-state index in [1.807, 2.05) is 0 Å². The Bertz CT molecular complexity index is 704. The Hall–Kier alpha value is -1.74. The number of carbonyl (C=O) groups excluding carboxylic acids is 1. The van der Waals surface area contributed by atoms with Gasteiger partial charge in [-0.1, -0.05) is 11.2 Å². The third kappa shape index (κ3) is 4.17. The van der Waals surface area contributed by atoms with Gasteiger partial charge in [0.25, 0.3) is 0 Å². The van der Waals surface area contributed by atoms with Crippen LogP contribution in [-0.2, 0) is 21.2 Å². The molecular weight excluding hydrogens is 320 g/mol. The molecule has 2 aliphatic rings. The average Bonchev–Trinajstić information content (AvgIpc) is 3.05. The number of nitrogens with zero attached hydrogens (tertiary/aromatic N) is 4. The minimum atomic E-state index is -3.10. The van der Waals surface area contributed by atoms with E-state index in [4.69, 9.17) is 4.52 Å². The Morgan fingerprint density at radius 1 is 1.35 bits per heavy atom. The second-order valence-corrected chi connectivity index (χ2v) is 7.94. The molecule has 0 radical (unpaired) electrons. The molecule has 0 bridgehead atoms. The van der Waals surface area contributed by atoms with E-state index in [9.17, 15) is 13.2 Å². The van der Waals surface area contributed by atoms with Gasteiger partial charge in [-0.3, -0.25) is 9.69 Å². The Balaban J connectivity index is 1.45. The number of carbonyl (C=O) groups is 1. The number of sulfone groups is 1. The van der Waals surface area contributed by atoms with E-state index in [0.717, 1.165) is 13.1 Å². The molecule has 1 saturated heterocycles. The predicted molar refractivity (Wildman–Crippen MR) is 81.9 cm³/mol. The highest BCUT2D eigenvalue weighted by Crippen LogP contribution is 2.19. The summed E-state index contributed by atoms with van der Waals surface area (Å²) in [6.07, 6.45) is 1.89. The summed E-state index contributed by atoms with van der Waals surface area (Å²) in [6, 6.07) is 0. The van der Waals surface area contributed by atoms with Gasteiger partial charge in [0.05, 0.1) is 12.3 Å². The molecule has 1 fully saturated rings.